The molecule has 6 heteroatoms. The molecular weight excluding hydrogens is 306 g/mol. The highest BCUT2D eigenvalue weighted by Crippen LogP contribution is 2.13. The van der Waals surface area contributed by atoms with E-state index in [1.54, 1.807) is 19.2 Å². The first-order valence-corrected chi connectivity index (χ1v) is 7.74. The van der Waals surface area contributed by atoms with Crippen LogP contribution in [0.15, 0.2) is 53.3 Å². The lowest BCUT2D eigenvalue weighted by molar-refractivity contribution is -0.116. The van der Waals surface area contributed by atoms with E-state index in [0.717, 1.165) is 16.6 Å². The first-order chi connectivity index (χ1) is 11.6. The van der Waals surface area contributed by atoms with Crippen LogP contribution in [0.5, 0.6) is 0 Å². The summed E-state index contributed by atoms with van der Waals surface area (Å²) in [6.45, 7) is 0.0499. The predicted octanol–water partition coefficient (Wildman–Crippen LogP) is 1.51. The van der Waals surface area contributed by atoms with Gasteiger partial charge in [0.05, 0.1) is 11.0 Å². The number of anilines is 1. The third kappa shape index (κ3) is 3.09. The minimum Gasteiger partial charge on any atom is -0.396 e. The summed E-state index contributed by atoms with van der Waals surface area (Å²) >= 11 is 0. The minimum atomic E-state index is -0.261. The average molecular weight is 325 g/mol. The van der Waals surface area contributed by atoms with Gasteiger partial charge in [0, 0.05) is 19.3 Å². The van der Waals surface area contributed by atoms with Crippen molar-refractivity contribution in [3.63, 3.8) is 0 Å². The second-order valence-corrected chi connectivity index (χ2v) is 5.64. The molecule has 0 saturated heterocycles. The van der Waals surface area contributed by atoms with Crippen LogP contribution in [0.2, 0.25) is 0 Å². The number of amides is 1. The Morgan fingerprint density at radius 1 is 1.08 bits per heavy atom. The molecule has 0 aliphatic rings. The summed E-state index contributed by atoms with van der Waals surface area (Å²) in [6.07, 6.45) is 0.583. The second kappa shape index (κ2) is 6.72. The lowest BCUT2D eigenvalue weighted by Gasteiger charge is -2.07. The standard InChI is InChI=1S/C18H19N3O3/c1-20-15-4-2-3-5-16(15)21(18(20)24)12-17(23)19-14-8-6-13(7-9-14)10-11-22/h2-9,22H,10-12H2,1H3,(H,19,23). The zero-order valence-electron chi connectivity index (χ0n) is 13.4. The molecule has 3 rings (SSSR count). The Bertz CT molecular complexity index is 923. The van der Waals surface area contributed by atoms with Crippen molar-refractivity contribution in [3.8, 4) is 0 Å². The quantitative estimate of drug-likeness (QED) is 0.746. The number of aryl methyl sites for hydroxylation is 1. The van der Waals surface area contributed by atoms with E-state index in [2.05, 4.69) is 5.32 Å². The number of aliphatic hydroxyl groups is 1. The predicted molar refractivity (Wildman–Crippen MR) is 93.0 cm³/mol. The second-order valence-electron chi connectivity index (χ2n) is 5.64. The van der Waals surface area contributed by atoms with Gasteiger partial charge in [-0.2, -0.15) is 0 Å². The molecule has 124 valence electrons. The number of aromatic nitrogens is 2. The van der Waals surface area contributed by atoms with E-state index >= 15 is 0 Å². The van der Waals surface area contributed by atoms with Crippen LogP contribution < -0.4 is 11.0 Å². The molecule has 0 spiro atoms. The molecule has 1 aromatic heterocycles. The third-order valence-corrected chi connectivity index (χ3v) is 3.99. The van der Waals surface area contributed by atoms with Crippen LogP contribution in [-0.2, 0) is 24.8 Å². The first kappa shape index (κ1) is 16.0. The molecule has 6 nitrogen and oxygen atoms in total. The van der Waals surface area contributed by atoms with Gasteiger partial charge in [0.2, 0.25) is 5.91 Å². The molecule has 0 unspecified atom stereocenters. The molecule has 1 heterocycles. The molecule has 0 radical (unpaired) electrons. The van der Waals surface area contributed by atoms with Gasteiger partial charge in [0.15, 0.2) is 0 Å². The van der Waals surface area contributed by atoms with Crippen LogP contribution in [0.4, 0.5) is 5.69 Å². The van der Waals surface area contributed by atoms with Crippen molar-refractivity contribution in [2.45, 2.75) is 13.0 Å². The highest BCUT2D eigenvalue weighted by Gasteiger charge is 2.13. The van der Waals surface area contributed by atoms with Crippen LogP contribution in [0.1, 0.15) is 5.56 Å². The minimum absolute atomic E-state index is 0.0431. The monoisotopic (exact) mass is 325 g/mol. The van der Waals surface area contributed by atoms with E-state index in [1.807, 2.05) is 36.4 Å². The topological polar surface area (TPSA) is 76.3 Å². The fourth-order valence-electron chi connectivity index (χ4n) is 2.74. The van der Waals surface area contributed by atoms with Gasteiger partial charge < -0.3 is 10.4 Å². The molecule has 0 bridgehead atoms. The van der Waals surface area contributed by atoms with Crippen molar-refractivity contribution in [1.82, 2.24) is 9.13 Å². The molecule has 0 atom stereocenters. The van der Waals surface area contributed by atoms with Gasteiger partial charge in [-0.25, -0.2) is 4.79 Å². The van der Waals surface area contributed by atoms with E-state index in [4.69, 9.17) is 5.11 Å². The van der Waals surface area contributed by atoms with E-state index < -0.39 is 0 Å². The smallest absolute Gasteiger partial charge is 0.329 e. The van der Waals surface area contributed by atoms with Crippen LogP contribution >= 0.6 is 0 Å². The Morgan fingerprint density at radius 2 is 1.75 bits per heavy atom. The molecule has 0 aliphatic heterocycles. The number of para-hydroxylation sites is 2. The highest BCUT2D eigenvalue weighted by atomic mass is 16.3. The lowest BCUT2D eigenvalue weighted by atomic mass is 10.1. The van der Waals surface area contributed by atoms with Crippen LogP contribution in [-0.4, -0.2) is 26.8 Å². The van der Waals surface area contributed by atoms with Crippen LogP contribution in [0.3, 0.4) is 0 Å². The fraction of sp³-hybridized carbons (Fsp3) is 0.222. The van der Waals surface area contributed by atoms with Crippen molar-refractivity contribution < 1.29 is 9.90 Å². The third-order valence-electron chi connectivity index (χ3n) is 3.99. The van der Waals surface area contributed by atoms with Crippen molar-refractivity contribution in [3.05, 3.63) is 64.6 Å². The average Bonchev–Trinajstić information content (AvgIpc) is 2.82. The maximum Gasteiger partial charge on any atom is 0.329 e. The van der Waals surface area contributed by atoms with Crippen molar-refractivity contribution in [1.29, 1.82) is 0 Å². The maximum absolute atomic E-state index is 12.3. The summed E-state index contributed by atoms with van der Waals surface area (Å²) in [6, 6.07) is 14.7. The molecule has 24 heavy (non-hydrogen) atoms. The molecule has 2 aromatic carbocycles. The number of nitrogens with one attached hydrogen (secondary N) is 1. The number of rotatable bonds is 5. The SMILES string of the molecule is Cn1c(=O)n(CC(=O)Nc2ccc(CCO)cc2)c2ccccc21. The van der Waals surface area contributed by atoms with E-state index in [9.17, 15) is 9.59 Å². The van der Waals surface area contributed by atoms with Gasteiger partial charge in [-0.05, 0) is 36.2 Å². The Balaban J connectivity index is 1.78. The molecule has 2 N–H and O–H groups in total. The fourth-order valence-corrected chi connectivity index (χ4v) is 2.74. The number of fused-ring (bicyclic) bond motifs is 1. The normalized spacial score (nSPS) is 10.9. The Hall–Kier alpha value is -2.86. The van der Waals surface area contributed by atoms with Gasteiger partial charge in [-0.1, -0.05) is 24.3 Å². The maximum atomic E-state index is 12.3. The largest absolute Gasteiger partial charge is 0.396 e. The molecule has 1 amide bonds. The summed E-state index contributed by atoms with van der Waals surface area (Å²) in [4.78, 5) is 24.6. The number of hydrogen-bond donors (Lipinski definition) is 2. The Kier molecular flexibility index (Phi) is 4.48. The molecule has 0 saturated carbocycles. The molecule has 0 fully saturated rings. The summed E-state index contributed by atoms with van der Waals surface area (Å²) in [5.74, 6) is -0.261. The zero-order valence-corrected chi connectivity index (χ0v) is 13.4. The van der Waals surface area contributed by atoms with Gasteiger partial charge in [-0.15, -0.1) is 0 Å². The number of benzene rings is 2. The number of nitrogens with zero attached hydrogens (tertiary/aromatic N) is 2. The summed E-state index contributed by atoms with van der Waals surface area (Å²) in [7, 11) is 1.69. The molecule has 3 aromatic rings. The van der Waals surface area contributed by atoms with E-state index in [-0.39, 0.29) is 24.7 Å². The zero-order chi connectivity index (χ0) is 17.1. The summed E-state index contributed by atoms with van der Waals surface area (Å²) in [5.41, 5.74) is 2.97. The van der Waals surface area contributed by atoms with Crippen LogP contribution in [0.25, 0.3) is 11.0 Å². The van der Waals surface area contributed by atoms with Crippen LogP contribution in [0, 0.1) is 0 Å². The van der Waals surface area contributed by atoms with Gasteiger partial charge in [0.1, 0.15) is 6.54 Å². The van der Waals surface area contributed by atoms with E-state index in [1.165, 1.54) is 9.13 Å². The number of imidazole rings is 1. The number of hydrogen-bond acceptors (Lipinski definition) is 3. The lowest BCUT2D eigenvalue weighted by Crippen LogP contribution is -2.28. The van der Waals surface area contributed by atoms with Crippen molar-refractivity contribution in [2.24, 2.45) is 7.05 Å². The Morgan fingerprint density at radius 3 is 2.42 bits per heavy atom. The van der Waals surface area contributed by atoms with Gasteiger partial charge >= 0.3 is 5.69 Å². The number of aliphatic hydroxyl groups excluding tert-OH is 1. The van der Waals surface area contributed by atoms with Gasteiger partial charge in [0.25, 0.3) is 0 Å². The first-order valence-electron chi connectivity index (χ1n) is 7.74. The van der Waals surface area contributed by atoms with Crippen molar-refractivity contribution >= 4 is 22.6 Å². The van der Waals surface area contributed by atoms with Crippen molar-refractivity contribution in [2.75, 3.05) is 11.9 Å². The Labute approximate surface area is 139 Å². The highest BCUT2D eigenvalue weighted by molar-refractivity contribution is 5.91. The van der Waals surface area contributed by atoms with Gasteiger partial charge in [-0.3, -0.25) is 13.9 Å². The summed E-state index contributed by atoms with van der Waals surface area (Å²) in [5, 5.41) is 11.7. The molecule has 0 aliphatic carbocycles. The number of carbonyl (C=O) groups excluding carboxylic acids is 1. The molecular formula is C18H19N3O3. The number of carbonyl (C=O) groups is 1. The van der Waals surface area contributed by atoms with E-state index in [0.29, 0.717) is 12.1 Å². The summed E-state index contributed by atoms with van der Waals surface area (Å²) < 4.78 is 3.00.